The van der Waals surface area contributed by atoms with Crippen molar-refractivity contribution in [1.29, 1.82) is 0 Å². The zero-order valence-electron chi connectivity index (χ0n) is 21.1. The van der Waals surface area contributed by atoms with E-state index >= 15 is 0 Å². The molecule has 0 fully saturated rings. The van der Waals surface area contributed by atoms with Gasteiger partial charge in [0.25, 0.3) is 0 Å². The van der Waals surface area contributed by atoms with Crippen LogP contribution in [0.25, 0.3) is 11.3 Å². The van der Waals surface area contributed by atoms with Gasteiger partial charge in [-0.3, -0.25) is 0 Å². The molecular weight excluding hydrogens is 408 g/mol. The van der Waals surface area contributed by atoms with Crippen LogP contribution in [0.5, 0.6) is 0 Å². The minimum atomic E-state index is 0.112. The van der Waals surface area contributed by atoms with Gasteiger partial charge in [0.2, 0.25) is 0 Å². The maximum atomic E-state index is 5.12. The summed E-state index contributed by atoms with van der Waals surface area (Å²) in [5, 5.41) is 8.79. The highest BCUT2D eigenvalue weighted by Crippen LogP contribution is 2.34. The Morgan fingerprint density at radius 2 is 1.91 bits per heavy atom. The van der Waals surface area contributed by atoms with E-state index in [0.717, 1.165) is 78.6 Å². The number of fused-ring (bicyclic) bond motifs is 2. The summed E-state index contributed by atoms with van der Waals surface area (Å²) in [5.41, 5.74) is 8.89. The lowest BCUT2D eigenvalue weighted by Crippen LogP contribution is -2.24. The second-order valence-electron chi connectivity index (χ2n) is 9.29. The Morgan fingerprint density at radius 3 is 2.64 bits per heavy atom. The van der Waals surface area contributed by atoms with Crippen molar-refractivity contribution in [3.63, 3.8) is 0 Å². The maximum Gasteiger partial charge on any atom is 0.157 e. The van der Waals surface area contributed by atoms with Crippen LogP contribution in [0.4, 0.5) is 11.5 Å². The fraction of sp³-hybridized carbons (Fsp3) is 0.481. The third-order valence-corrected chi connectivity index (χ3v) is 6.97. The average molecular weight is 447 g/mol. The van der Waals surface area contributed by atoms with Gasteiger partial charge in [0, 0.05) is 61.5 Å². The highest BCUT2D eigenvalue weighted by molar-refractivity contribution is 5.75. The Bertz CT molecular complexity index is 1160. The van der Waals surface area contributed by atoms with E-state index in [-0.39, 0.29) is 6.04 Å². The van der Waals surface area contributed by atoms with Crippen molar-refractivity contribution in [2.75, 3.05) is 37.4 Å². The Labute approximate surface area is 198 Å². The number of hydrogen-bond acceptors (Lipinski definition) is 5. The standard InChI is InChI=1S/C27H38N6/c1-8-22-19(4)27-31(6)15-11-10-14-28-23-13-12-18(3)16-21(23)20(5)32(7)25(9-2)24-17-26(29-22)33(27)30-24/h12-13,16-17,25,28H,5,8-11,14-15H2,1-4,6-7H3/t25-/m0/s1. The molecule has 3 heterocycles. The molecule has 0 radical (unpaired) electrons. The number of benzene rings is 1. The normalized spacial score (nSPS) is 17.6. The first-order valence-corrected chi connectivity index (χ1v) is 12.2. The molecular formula is C27H38N6. The maximum absolute atomic E-state index is 5.12. The molecule has 1 atom stereocenters. The fourth-order valence-electron chi connectivity index (χ4n) is 5.00. The van der Waals surface area contributed by atoms with Gasteiger partial charge in [-0.1, -0.05) is 32.1 Å². The molecule has 0 spiro atoms. The van der Waals surface area contributed by atoms with E-state index < -0.39 is 0 Å². The molecule has 0 unspecified atom stereocenters. The molecule has 1 aliphatic heterocycles. The largest absolute Gasteiger partial charge is 0.384 e. The Morgan fingerprint density at radius 1 is 1.12 bits per heavy atom. The number of aromatic nitrogens is 3. The number of rotatable bonds is 2. The molecule has 6 heteroatoms. The molecule has 2 bridgehead atoms. The quantitative estimate of drug-likeness (QED) is 0.555. The zero-order chi connectivity index (χ0) is 23.7. The SMILES string of the molecule is C=C1c2cc(C)ccc2NCCCCN(C)c2c(C)c(CC)nc3cc(nn23)[C@H](CC)N1C. The number of aryl methyl sites for hydroxylation is 2. The number of nitrogens with one attached hydrogen (secondary N) is 1. The molecule has 6 nitrogen and oxygen atoms in total. The van der Waals surface area contributed by atoms with Gasteiger partial charge in [-0.05, 0) is 51.7 Å². The van der Waals surface area contributed by atoms with Gasteiger partial charge in [-0.2, -0.15) is 9.61 Å². The van der Waals surface area contributed by atoms with Crippen molar-refractivity contribution in [3.8, 4) is 0 Å². The summed E-state index contributed by atoms with van der Waals surface area (Å²) in [6.45, 7) is 15.1. The van der Waals surface area contributed by atoms with Gasteiger partial charge >= 0.3 is 0 Å². The van der Waals surface area contributed by atoms with E-state index in [1.165, 1.54) is 11.1 Å². The summed E-state index contributed by atoms with van der Waals surface area (Å²) < 4.78 is 2.05. The van der Waals surface area contributed by atoms with Crippen LogP contribution < -0.4 is 10.2 Å². The molecule has 1 aliphatic rings. The molecule has 4 rings (SSSR count). The summed E-state index contributed by atoms with van der Waals surface area (Å²) in [7, 11) is 4.31. The van der Waals surface area contributed by atoms with E-state index in [1.807, 2.05) is 0 Å². The molecule has 0 aliphatic carbocycles. The molecule has 1 N–H and O–H groups in total. The van der Waals surface area contributed by atoms with Crippen LogP contribution in [0, 0.1) is 13.8 Å². The summed E-state index contributed by atoms with van der Waals surface area (Å²) in [6.07, 6.45) is 4.04. The first-order chi connectivity index (χ1) is 15.8. The van der Waals surface area contributed by atoms with E-state index in [1.54, 1.807) is 0 Å². The van der Waals surface area contributed by atoms with Crippen molar-refractivity contribution in [1.82, 2.24) is 19.5 Å². The predicted octanol–water partition coefficient (Wildman–Crippen LogP) is 5.60. The van der Waals surface area contributed by atoms with Crippen LogP contribution in [0.15, 0.2) is 30.8 Å². The van der Waals surface area contributed by atoms with Gasteiger partial charge in [0.15, 0.2) is 5.65 Å². The molecule has 2 aromatic heterocycles. The topological polar surface area (TPSA) is 48.7 Å². The molecule has 33 heavy (non-hydrogen) atoms. The van der Waals surface area contributed by atoms with E-state index in [4.69, 9.17) is 10.1 Å². The predicted molar refractivity (Wildman–Crippen MR) is 139 cm³/mol. The summed E-state index contributed by atoms with van der Waals surface area (Å²) >= 11 is 0. The smallest absolute Gasteiger partial charge is 0.157 e. The lowest BCUT2D eigenvalue weighted by atomic mass is 10.0. The first kappa shape index (κ1) is 23.1. The van der Waals surface area contributed by atoms with Crippen molar-refractivity contribution in [2.45, 2.75) is 59.4 Å². The highest BCUT2D eigenvalue weighted by Gasteiger charge is 2.24. The number of nitrogens with zero attached hydrogens (tertiary/aromatic N) is 5. The lowest BCUT2D eigenvalue weighted by Gasteiger charge is -2.31. The Kier molecular flexibility index (Phi) is 6.63. The van der Waals surface area contributed by atoms with Crippen molar-refractivity contribution < 1.29 is 0 Å². The fourth-order valence-corrected chi connectivity index (χ4v) is 5.00. The third kappa shape index (κ3) is 4.31. The van der Waals surface area contributed by atoms with E-state index in [2.05, 4.69) is 92.3 Å². The number of anilines is 2. The Balaban J connectivity index is 1.87. The molecule has 0 amide bonds. The van der Waals surface area contributed by atoms with Crippen LogP contribution in [0.1, 0.15) is 67.2 Å². The first-order valence-electron chi connectivity index (χ1n) is 12.2. The van der Waals surface area contributed by atoms with Crippen LogP contribution >= 0.6 is 0 Å². The molecule has 3 aromatic rings. The second-order valence-corrected chi connectivity index (χ2v) is 9.29. The van der Waals surface area contributed by atoms with Gasteiger partial charge in [-0.25, -0.2) is 4.98 Å². The van der Waals surface area contributed by atoms with Crippen molar-refractivity contribution >= 4 is 22.8 Å². The Hall–Kier alpha value is -3.02. The minimum Gasteiger partial charge on any atom is -0.384 e. The summed E-state index contributed by atoms with van der Waals surface area (Å²) in [5.74, 6) is 1.15. The van der Waals surface area contributed by atoms with Crippen LogP contribution in [-0.2, 0) is 6.42 Å². The molecule has 0 saturated heterocycles. The monoisotopic (exact) mass is 446 g/mol. The van der Waals surface area contributed by atoms with E-state index in [9.17, 15) is 0 Å². The van der Waals surface area contributed by atoms with Gasteiger partial charge in [0.05, 0.1) is 11.7 Å². The van der Waals surface area contributed by atoms with Crippen molar-refractivity contribution in [3.05, 3.63) is 58.9 Å². The molecule has 176 valence electrons. The molecule has 1 aromatic carbocycles. The van der Waals surface area contributed by atoms with Crippen molar-refractivity contribution in [2.24, 2.45) is 0 Å². The van der Waals surface area contributed by atoms with Gasteiger partial charge in [0.1, 0.15) is 5.82 Å². The average Bonchev–Trinajstić information content (AvgIpc) is 3.21. The van der Waals surface area contributed by atoms with Crippen LogP contribution in [0.2, 0.25) is 0 Å². The summed E-state index contributed by atoms with van der Waals surface area (Å²) in [4.78, 5) is 9.60. The van der Waals surface area contributed by atoms with E-state index in [0.29, 0.717) is 0 Å². The lowest BCUT2D eigenvalue weighted by molar-refractivity contribution is 0.339. The second kappa shape index (κ2) is 9.46. The van der Waals surface area contributed by atoms with Crippen LogP contribution in [-0.4, -0.2) is 46.7 Å². The molecule has 0 saturated carbocycles. The number of hydrogen-bond donors (Lipinski definition) is 1. The summed E-state index contributed by atoms with van der Waals surface area (Å²) in [6, 6.07) is 8.86. The van der Waals surface area contributed by atoms with Crippen LogP contribution in [0.3, 0.4) is 0 Å². The highest BCUT2D eigenvalue weighted by atomic mass is 15.4. The van der Waals surface area contributed by atoms with Gasteiger partial charge < -0.3 is 15.1 Å². The third-order valence-electron chi connectivity index (χ3n) is 6.97. The minimum absolute atomic E-state index is 0.112. The van der Waals surface area contributed by atoms with Gasteiger partial charge in [-0.15, -0.1) is 0 Å². The zero-order valence-corrected chi connectivity index (χ0v) is 21.1.